The Morgan fingerprint density at radius 2 is 2.33 bits per heavy atom. The van der Waals surface area contributed by atoms with Gasteiger partial charge in [-0.05, 0) is 25.0 Å². The minimum Gasteiger partial charge on any atom is -0.382 e. The van der Waals surface area contributed by atoms with Crippen molar-refractivity contribution in [1.82, 2.24) is 29.7 Å². The van der Waals surface area contributed by atoms with Gasteiger partial charge >= 0.3 is 0 Å². The Morgan fingerprint density at radius 1 is 1.46 bits per heavy atom. The molecule has 0 bridgehead atoms. The summed E-state index contributed by atoms with van der Waals surface area (Å²) in [5, 5.41) is 21.0. The van der Waals surface area contributed by atoms with Crippen LogP contribution in [0, 0.1) is 6.92 Å². The average molecular weight is 326 g/mol. The molecular weight excluding hydrogens is 308 g/mol. The average Bonchev–Trinajstić information content (AvgIpc) is 3.20. The fourth-order valence-electron chi connectivity index (χ4n) is 3.26. The second kappa shape index (κ2) is 5.50. The second-order valence-electron chi connectivity index (χ2n) is 6.32. The molecular formula is C16H18N6O2. The number of aromatic nitrogens is 5. The lowest BCUT2D eigenvalue weighted by atomic mass is 10.0. The number of nitrogens with zero attached hydrogens (tertiary/aromatic N) is 5. The number of nitrogens with one attached hydrogen (secondary N) is 1. The normalized spacial score (nSPS) is 21.6. The van der Waals surface area contributed by atoms with E-state index in [2.05, 4.69) is 25.3 Å². The largest absolute Gasteiger partial charge is 0.382 e. The summed E-state index contributed by atoms with van der Waals surface area (Å²) >= 11 is 0. The first-order chi connectivity index (χ1) is 11.5. The van der Waals surface area contributed by atoms with Gasteiger partial charge in [-0.15, -0.1) is 0 Å². The number of hydrogen-bond donors (Lipinski definition) is 2. The highest BCUT2D eigenvalue weighted by Crippen LogP contribution is 2.30. The number of β-amino-alcohol motifs (C(OH)–C–C–N with tert-alkyl or cyclic N) is 1. The molecule has 8 heteroatoms. The molecule has 1 atom stereocenters. The van der Waals surface area contributed by atoms with Gasteiger partial charge in [0.05, 0.1) is 11.9 Å². The molecule has 0 aliphatic carbocycles. The molecule has 0 radical (unpaired) electrons. The van der Waals surface area contributed by atoms with Crippen LogP contribution in [0.15, 0.2) is 35.4 Å². The topological polar surface area (TPSA) is 99.4 Å². The van der Waals surface area contributed by atoms with Gasteiger partial charge in [0.25, 0.3) is 5.56 Å². The molecule has 0 amide bonds. The monoisotopic (exact) mass is 326 g/mol. The van der Waals surface area contributed by atoms with E-state index in [1.807, 2.05) is 19.1 Å². The number of aromatic amines is 1. The van der Waals surface area contributed by atoms with Gasteiger partial charge in [-0.1, -0.05) is 6.07 Å². The van der Waals surface area contributed by atoms with Crippen molar-refractivity contribution in [3.63, 3.8) is 0 Å². The van der Waals surface area contributed by atoms with E-state index < -0.39 is 5.60 Å². The molecule has 3 aromatic heterocycles. The van der Waals surface area contributed by atoms with Crippen LogP contribution in [0.2, 0.25) is 0 Å². The third-order valence-corrected chi connectivity index (χ3v) is 4.54. The summed E-state index contributed by atoms with van der Waals surface area (Å²) in [4.78, 5) is 19.0. The Hall–Kier alpha value is -2.58. The Morgan fingerprint density at radius 3 is 3.12 bits per heavy atom. The zero-order chi connectivity index (χ0) is 16.7. The first-order valence-electron chi connectivity index (χ1n) is 7.84. The van der Waals surface area contributed by atoms with E-state index in [0.717, 1.165) is 5.56 Å². The zero-order valence-corrected chi connectivity index (χ0v) is 13.3. The smallest absolute Gasteiger partial charge is 0.258 e. The molecule has 0 spiro atoms. The molecule has 1 fully saturated rings. The summed E-state index contributed by atoms with van der Waals surface area (Å²) in [5.74, 6) is 0. The maximum Gasteiger partial charge on any atom is 0.258 e. The molecule has 8 nitrogen and oxygen atoms in total. The van der Waals surface area contributed by atoms with E-state index in [1.54, 1.807) is 22.9 Å². The summed E-state index contributed by atoms with van der Waals surface area (Å²) < 4.78 is 1.55. The molecule has 1 aliphatic rings. The van der Waals surface area contributed by atoms with Gasteiger partial charge in [-0.3, -0.25) is 14.1 Å². The van der Waals surface area contributed by atoms with Crippen molar-refractivity contribution in [1.29, 1.82) is 0 Å². The van der Waals surface area contributed by atoms with Crippen molar-refractivity contribution < 1.29 is 5.11 Å². The van der Waals surface area contributed by atoms with E-state index >= 15 is 0 Å². The highest BCUT2D eigenvalue weighted by atomic mass is 16.3. The van der Waals surface area contributed by atoms with E-state index in [9.17, 15) is 9.90 Å². The van der Waals surface area contributed by atoms with Crippen LogP contribution < -0.4 is 5.56 Å². The highest BCUT2D eigenvalue weighted by molar-refractivity contribution is 5.46. The minimum absolute atomic E-state index is 0.0929. The lowest BCUT2D eigenvalue weighted by Gasteiger charge is -2.20. The van der Waals surface area contributed by atoms with Crippen molar-refractivity contribution in [2.45, 2.75) is 25.5 Å². The predicted octanol–water partition coefficient (Wildman–Crippen LogP) is 0.215. The number of hydrogen-bond acceptors (Lipinski definition) is 6. The minimum atomic E-state index is -1.01. The van der Waals surface area contributed by atoms with Crippen LogP contribution >= 0.6 is 0 Å². The zero-order valence-electron chi connectivity index (χ0n) is 13.3. The lowest BCUT2D eigenvalue weighted by molar-refractivity contribution is 0.0407. The fourth-order valence-corrected chi connectivity index (χ4v) is 3.26. The highest BCUT2D eigenvalue weighted by Gasteiger charge is 2.39. The summed E-state index contributed by atoms with van der Waals surface area (Å²) in [6.45, 7) is 3.59. The molecule has 1 saturated heterocycles. The fraction of sp³-hybridized carbons (Fsp3) is 0.375. The van der Waals surface area contributed by atoms with Crippen LogP contribution in [0.4, 0.5) is 0 Å². The third kappa shape index (κ3) is 2.49. The number of pyridine rings is 1. The molecule has 0 saturated carbocycles. The summed E-state index contributed by atoms with van der Waals surface area (Å²) in [6, 6.07) is 5.33. The molecule has 0 aromatic carbocycles. The molecule has 124 valence electrons. The standard InChI is InChI=1S/C16H18N6O2/c1-11-3-2-5-22-14(23)7-12(18-15(11)22)9-21-6-4-16(24,10-21)13-8-17-20-19-13/h2-3,5,7-8,24H,4,6,9-10H2,1H3,(H,17,19,20). The van der Waals surface area contributed by atoms with Crippen molar-refractivity contribution >= 4 is 5.65 Å². The number of aryl methyl sites for hydroxylation is 1. The SMILES string of the molecule is Cc1cccn2c(=O)cc(CN3CCC(O)(c4cn[nH]n4)C3)nc12. The molecule has 4 heterocycles. The summed E-state index contributed by atoms with van der Waals surface area (Å²) in [5.41, 5.74) is 1.79. The summed E-state index contributed by atoms with van der Waals surface area (Å²) in [6.07, 6.45) is 3.85. The Kier molecular flexibility index (Phi) is 3.43. The number of rotatable bonds is 3. The molecule has 2 N–H and O–H groups in total. The lowest BCUT2D eigenvalue weighted by Crippen LogP contribution is -2.31. The third-order valence-electron chi connectivity index (χ3n) is 4.54. The van der Waals surface area contributed by atoms with E-state index in [1.165, 1.54) is 0 Å². The van der Waals surface area contributed by atoms with Gasteiger partial charge in [0.2, 0.25) is 0 Å². The van der Waals surface area contributed by atoms with Gasteiger partial charge in [0, 0.05) is 31.9 Å². The maximum atomic E-state index is 12.3. The maximum absolute atomic E-state index is 12.3. The molecule has 1 aliphatic heterocycles. The second-order valence-corrected chi connectivity index (χ2v) is 6.32. The van der Waals surface area contributed by atoms with Crippen LogP contribution in [0.1, 0.15) is 23.4 Å². The molecule has 24 heavy (non-hydrogen) atoms. The molecule has 4 rings (SSSR count). The predicted molar refractivity (Wildman–Crippen MR) is 86.4 cm³/mol. The van der Waals surface area contributed by atoms with E-state index in [0.29, 0.717) is 43.1 Å². The van der Waals surface area contributed by atoms with Crippen LogP contribution in [-0.4, -0.2) is 47.9 Å². The van der Waals surface area contributed by atoms with Crippen molar-refractivity contribution in [2.24, 2.45) is 0 Å². The molecule has 3 aromatic rings. The van der Waals surface area contributed by atoms with Gasteiger partial charge in [0.15, 0.2) is 0 Å². The molecule has 1 unspecified atom stereocenters. The first-order valence-corrected chi connectivity index (χ1v) is 7.84. The Labute approximate surface area is 137 Å². The van der Waals surface area contributed by atoms with Crippen LogP contribution in [0.25, 0.3) is 5.65 Å². The van der Waals surface area contributed by atoms with Gasteiger partial charge in [-0.2, -0.15) is 15.4 Å². The van der Waals surface area contributed by atoms with Crippen LogP contribution in [-0.2, 0) is 12.1 Å². The number of aliphatic hydroxyl groups is 1. The van der Waals surface area contributed by atoms with Gasteiger partial charge in [-0.25, -0.2) is 4.98 Å². The quantitative estimate of drug-likeness (QED) is 0.714. The van der Waals surface area contributed by atoms with E-state index in [4.69, 9.17) is 0 Å². The number of H-pyrrole nitrogens is 1. The number of fused-ring (bicyclic) bond motifs is 1. The van der Waals surface area contributed by atoms with Crippen molar-refractivity contribution in [3.05, 3.63) is 57.9 Å². The summed E-state index contributed by atoms with van der Waals surface area (Å²) in [7, 11) is 0. The van der Waals surface area contributed by atoms with Gasteiger partial charge < -0.3 is 5.11 Å². The Balaban J connectivity index is 1.60. The van der Waals surface area contributed by atoms with Gasteiger partial charge in [0.1, 0.15) is 16.9 Å². The van der Waals surface area contributed by atoms with Crippen molar-refractivity contribution in [3.8, 4) is 0 Å². The Bertz CT molecular complexity index is 935. The van der Waals surface area contributed by atoms with E-state index in [-0.39, 0.29) is 5.56 Å². The first kappa shape index (κ1) is 15.0. The van der Waals surface area contributed by atoms with Crippen LogP contribution in [0.3, 0.4) is 0 Å². The van der Waals surface area contributed by atoms with Crippen molar-refractivity contribution in [2.75, 3.05) is 13.1 Å². The van der Waals surface area contributed by atoms with Crippen LogP contribution in [0.5, 0.6) is 0 Å². The number of likely N-dealkylation sites (tertiary alicyclic amines) is 1.